The van der Waals surface area contributed by atoms with Gasteiger partial charge in [-0.3, -0.25) is 0 Å². The predicted molar refractivity (Wildman–Crippen MR) is 141 cm³/mol. The molecule has 0 amide bonds. The van der Waals surface area contributed by atoms with Crippen LogP contribution >= 0.6 is 0 Å². The first kappa shape index (κ1) is 23.9. The van der Waals surface area contributed by atoms with E-state index in [1.165, 1.54) is 50.7 Å². The van der Waals surface area contributed by atoms with E-state index >= 15 is 0 Å². The van der Waals surface area contributed by atoms with Gasteiger partial charge < -0.3 is 5.11 Å². The highest BCUT2D eigenvalue weighted by atomic mass is 19.1. The summed E-state index contributed by atoms with van der Waals surface area (Å²) in [5.74, 6) is -0.438. The van der Waals surface area contributed by atoms with Gasteiger partial charge >= 0.3 is 5.97 Å². The van der Waals surface area contributed by atoms with Gasteiger partial charge in [0.15, 0.2) is 0 Å². The zero-order valence-electron chi connectivity index (χ0n) is 20.2. The molecule has 1 fully saturated rings. The molecule has 0 atom stereocenters. The second-order valence-electron chi connectivity index (χ2n) is 9.65. The van der Waals surface area contributed by atoms with Crippen molar-refractivity contribution in [1.29, 1.82) is 0 Å². The standard InChI is InChI=1S/C30H30FN3O2/c31-26-14-11-23(12-15-26)24-13-16-27(30(35)36)25(20-24)10-8-22-9-17-29-28(19-22)32-33-34(29)18-4-7-21-5-2-1-3-6-21/h8-17,19-21H,1-7,18H2,(H,35,36). The summed E-state index contributed by atoms with van der Waals surface area (Å²) in [6, 6.07) is 17.3. The van der Waals surface area contributed by atoms with Crippen molar-refractivity contribution in [3.8, 4) is 11.1 Å². The van der Waals surface area contributed by atoms with Crippen LogP contribution in [0.15, 0.2) is 60.7 Å². The topological polar surface area (TPSA) is 68.0 Å². The van der Waals surface area contributed by atoms with E-state index in [4.69, 9.17) is 0 Å². The average Bonchev–Trinajstić information content (AvgIpc) is 3.30. The molecule has 1 N–H and O–H groups in total. The molecule has 1 aliphatic carbocycles. The van der Waals surface area contributed by atoms with Gasteiger partial charge in [-0.1, -0.05) is 73.7 Å². The van der Waals surface area contributed by atoms with Crippen molar-refractivity contribution < 1.29 is 14.3 Å². The number of carbonyl (C=O) groups is 1. The van der Waals surface area contributed by atoms with E-state index in [2.05, 4.69) is 10.3 Å². The van der Waals surface area contributed by atoms with Crippen LogP contribution in [0, 0.1) is 11.7 Å². The molecule has 0 spiro atoms. The summed E-state index contributed by atoms with van der Waals surface area (Å²) >= 11 is 0. The molecule has 1 aromatic heterocycles. The fraction of sp³-hybridized carbons (Fsp3) is 0.300. The van der Waals surface area contributed by atoms with Gasteiger partial charge in [0.25, 0.3) is 0 Å². The maximum atomic E-state index is 13.3. The highest BCUT2D eigenvalue weighted by molar-refractivity contribution is 5.95. The van der Waals surface area contributed by atoms with Crippen LogP contribution in [0.2, 0.25) is 0 Å². The van der Waals surface area contributed by atoms with Gasteiger partial charge in [0.2, 0.25) is 0 Å². The van der Waals surface area contributed by atoms with Gasteiger partial charge in [0, 0.05) is 6.54 Å². The van der Waals surface area contributed by atoms with E-state index in [0.29, 0.717) is 5.56 Å². The Kier molecular flexibility index (Phi) is 7.21. The van der Waals surface area contributed by atoms with E-state index in [9.17, 15) is 14.3 Å². The van der Waals surface area contributed by atoms with Gasteiger partial charge in [-0.25, -0.2) is 13.9 Å². The number of hydrogen-bond acceptors (Lipinski definition) is 3. The van der Waals surface area contributed by atoms with Crippen molar-refractivity contribution in [2.45, 2.75) is 51.5 Å². The Morgan fingerprint density at radius 3 is 2.53 bits per heavy atom. The highest BCUT2D eigenvalue weighted by Gasteiger charge is 2.14. The zero-order valence-corrected chi connectivity index (χ0v) is 20.2. The molecular weight excluding hydrogens is 453 g/mol. The number of aromatic nitrogens is 3. The highest BCUT2D eigenvalue weighted by Crippen LogP contribution is 2.28. The van der Waals surface area contributed by atoms with Gasteiger partial charge in [-0.15, -0.1) is 5.10 Å². The van der Waals surface area contributed by atoms with Gasteiger partial charge in [0.05, 0.1) is 11.1 Å². The van der Waals surface area contributed by atoms with E-state index in [0.717, 1.165) is 46.6 Å². The molecule has 5 nitrogen and oxygen atoms in total. The molecule has 0 saturated heterocycles. The zero-order chi connectivity index (χ0) is 24.9. The number of hydrogen-bond donors (Lipinski definition) is 1. The maximum absolute atomic E-state index is 13.3. The van der Waals surface area contributed by atoms with Crippen molar-refractivity contribution in [3.05, 3.63) is 83.2 Å². The minimum atomic E-state index is -0.994. The molecule has 4 aromatic rings. The lowest BCUT2D eigenvalue weighted by Gasteiger charge is -2.21. The van der Waals surface area contributed by atoms with Crippen LogP contribution in [0.25, 0.3) is 34.3 Å². The predicted octanol–water partition coefficient (Wildman–Crippen LogP) is 7.47. The van der Waals surface area contributed by atoms with Crippen LogP contribution in [0.1, 0.15) is 66.4 Å². The lowest BCUT2D eigenvalue weighted by molar-refractivity contribution is 0.0696. The lowest BCUT2D eigenvalue weighted by Crippen LogP contribution is -2.08. The Bertz CT molecular complexity index is 1390. The third-order valence-electron chi connectivity index (χ3n) is 7.16. The average molecular weight is 484 g/mol. The molecule has 1 heterocycles. The summed E-state index contributed by atoms with van der Waals surface area (Å²) in [7, 11) is 0. The van der Waals surface area contributed by atoms with Crippen LogP contribution in [-0.2, 0) is 6.54 Å². The molecule has 0 bridgehead atoms. The smallest absolute Gasteiger partial charge is 0.336 e. The summed E-state index contributed by atoms with van der Waals surface area (Å²) < 4.78 is 15.3. The molecule has 184 valence electrons. The molecule has 1 aliphatic rings. The third kappa shape index (κ3) is 5.54. The second kappa shape index (κ2) is 10.9. The molecule has 3 aromatic carbocycles. The lowest BCUT2D eigenvalue weighted by atomic mass is 9.86. The largest absolute Gasteiger partial charge is 0.478 e. The fourth-order valence-corrected chi connectivity index (χ4v) is 5.17. The molecule has 5 rings (SSSR count). The maximum Gasteiger partial charge on any atom is 0.336 e. The molecule has 0 radical (unpaired) electrons. The second-order valence-corrected chi connectivity index (χ2v) is 9.65. The Labute approximate surface area is 210 Å². The third-order valence-corrected chi connectivity index (χ3v) is 7.16. The molecule has 1 saturated carbocycles. The van der Waals surface area contributed by atoms with E-state index < -0.39 is 5.97 Å². The van der Waals surface area contributed by atoms with E-state index in [1.807, 2.05) is 35.0 Å². The first-order valence-electron chi connectivity index (χ1n) is 12.7. The Morgan fingerprint density at radius 2 is 1.75 bits per heavy atom. The van der Waals surface area contributed by atoms with Crippen molar-refractivity contribution in [2.75, 3.05) is 0 Å². The number of rotatable bonds is 8. The van der Waals surface area contributed by atoms with Crippen LogP contribution in [0.3, 0.4) is 0 Å². The monoisotopic (exact) mass is 483 g/mol. The molecule has 6 heteroatoms. The van der Waals surface area contributed by atoms with Crippen LogP contribution in [-0.4, -0.2) is 26.1 Å². The molecule has 0 aliphatic heterocycles. The Hall–Kier alpha value is -3.80. The molecule has 0 unspecified atom stereocenters. The first-order valence-corrected chi connectivity index (χ1v) is 12.7. The minimum absolute atomic E-state index is 0.210. The summed E-state index contributed by atoms with van der Waals surface area (Å²) in [6.07, 6.45) is 12.9. The van der Waals surface area contributed by atoms with Crippen LogP contribution in [0.4, 0.5) is 4.39 Å². The summed E-state index contributed by atoms with van der Waals surface area (Å²) in [5.41, 5.74) is 5.20. The van der Waals surface area contributed by atoms with Crippen LogP contribution in [0.5, 0.6) is 0 Å². The SMILES string of the molecule is O=C(O)c1ccc(-c2ccc(F)cc2)cc1C=Cc1ccc2c(c1)nnn2CCCC1CCCCC1. The number of aromatic carboxylic acids is 1. The normalized spacial score (nSPS) is 14.6. The van der Waals surface area contributed by atoms with Crippen molar-refractivity contribution in [1.82, 2.24) is 15.0 Å². The summed E-state index contributed by atoms with van der Waals surface area (Å²) in [5, 5.41) is 18.4. The quantitative estimate of drug-likeness (QED) is 0.264. The van der Waals surface area contributed by atoms with E-state index in [1.54, 1.807) is 30.3 Å². The first-order chi connectivity index (χ1) is 17.6. The van der Waals surface area contributed by atoms with Crippen molar-refractivity contribution in [3.63, 3.8) is 0 Å². The summed E-state index contributed by atoms with van der Waals surface area (Å²) in [4.78, 5) is 11.8. The van der Waals surface area contributed by atoms with Crippen LogP contribution < -0.4 is 0 Å². The number of carboxylic acids is 1. The van der Waals surface area contributed by atoms with Crippen molar-refractivity contribution in [2.24, 2.45) is 5.92 Å². The number of carboxylic acid groups (broad SMARTS) is 1. The Morgan fingerprint density at radius 1 is 0.972 bits per heavy atom. The van der Waals surface area contributed by atoms with Crippen molar-refractivity contribution >= 4 is 29.2 Å². The number of aryl methyl sites for hydroxylation is 1. The molecule has 36 heavy (non-hydrogen) atoms. The number of fused-ring (bicyclic) bond motifs is 1. The fourth-order valence-electron chi connectivity index (χ4n) is 5.17. The summed E-state index contributed by atoms with van der Waals surface area (Å²) in [6.45, 7) is 0.875. The number of halogens is 1. The molecular formula is C30H30FN3O2. The van der Waals surface area contributed by atoms with E-state index in [-0.39, 0.29) is 11.4 Å². The Balaban J connectivity index is 1.32. The minimum Gasteiger partial charge on any atom is -0.478 e. The number of benzene rings is 3. The van der Waals surface area contributed by atoms with Gasteiger partial charge in [-0.05, 0) is 77.4 Å². The van der Waals surface area contributed by atoms with Gasteiger partial charge in [-0.2, -0.15) is 0 Å². The number of nitrogens with zero attached hydrogens (tertiary/aromatic N) is 3. The van der Waals surface area contributed by atoms with Gasteiger partial charge in [0.1, 0.15) is 11.3 Å².